The highest BCUT2D eigenvalue weighted by Gasteiger charge is 2.33. The number of carboxylic acids is 1. The van der Waals surface area contributed by atoms with Crippen LogP contribution in [0.3, 0.4) is 0 Å². The van der Waals surface area contributed by atoms with Gasteiger partial charge in [0.05, 0.1) is 12.7 Å². The number of nitrogens with zero attached hydrogens (tertiary/aromatic N) is 1. The zero-order valence-corrected chi connectivity index (χ0v) is 14.0. The summed E-state index contributed by atoms with van der Waals surface area (Å²) in [4.78, 5) is 34.6. The normalized spacial score (nSPS) is 12.2. The zero-order chi connectivity index (χ0) is 18.5. The van der Waals surface area contributed by atoms with Crippen LogP contribution >= 0.6 is 0 Å². The fraction of sp³-hybridized carbons (Fsp3) is 0.438. The van der Waals surface area contributed by atoms with E-state index in [2.05, 4.69) is 4.74 Å². The molecule has 8 heteroatoms. The molecule has 0 aliphatic heterocycles. The van der Waals surface area contributed by atoms with Crippen molar-refractivity contribution in [1.29, 1.82) is 0 Å². The Morgan fingerprint density at radius 1 is 1.17 bits per heavy atom. The second-order valence-corrected chi connectivity index (χ2v) is 6.07. The average molecular weight is 339 g/mol. The summed E-state index contributed by atoms with van der Waals surface area (Å²) in [6.07, 6.45) is -1.15. The van der Waals surface area contributed by atoms with Gasteiger partial charge in [0.1, 0.15) is 5.60 Å². The number of methoxy groups -OCH3 is 1. The number of esters is 1. The average Bonchev–Trinajstić information content (AvgIpc) is 2.50. The van der Waals surface area contributed by atoms with E-state index in [9.17, 15) is 19.6 Å². The first-order valence-corrected chi connectivity index (χ1v) is 7.16. The van der Waals surface area contributed by atoms with Crippen molar-refractivity contribution in [2.24, 2.45) is 0 Å². The van der Waals surface area contributed by atoms with Crippen LogP contribution in [0, 0.1) is 0 Å². The summed E-state index contributed by atoms with van der Waals surface area (Å²) in [7, 11) is 1.13. The third kappa shape index (κ3) is 5.54. The van der Waals surface area contributed by atoms with Crippen LogP contribution in [0.15, 0.2) is 24.3 Å². The molecule has 0 saturated heterocycles. The molecule has 2 N–H and O–H groups in total. The molecule has 24 heavy (non-hydrogen) atoms. The topological polar surface area (TPSA) is 113 Å². The first-order chi connectivity index (χ1) is 11.0. The lowest BCUT2D eigenvalue weighted by Crippen LogP contribution is -2.46. The van der Waals surface area contributed by atoms with Crippen LogP contribution in [0.25, 0.3) is 0 Å². The van der Waals surface area contributed by atoms with E-state index in [-0.39, 0.29) is 17.0 Å². The number of hydrogen-bond donors (Lipinski definition) is 2. The van der Waals surface area contributed by atoms with Gasteiger partial charge in [0.15, 0.2) is 6.04 Å². The molecular formula is C16H21NO7. The Bertz CT molecular complexity index is 604. The molecule has 0 aliphatic carbocycles. The molecule has 132 valence electrons. The van der Waals surface area contributed by atoms with E-state index >= 15 is 0 Å². The number of carboxylic acid groups (broad SMARTS) is 1. The maximum atomic E-state index is 11.9. The van der Waals surface area contributed by atoms with E-state index in [1.807, 2.05) is 0 Å². The first-order valence-electron chi connectivity index (χ1n) is 7.16. The minimum absolute atomic E-state index is 0.0671. The smallest absolute Gasteiger partial charge is 0.435 e. The molecule has 0 radical (unpaired) electrons. The summed E-state index contributed by atoms with van der Waals surface area (Å²) in [6, 6.07) is 4.38. The number of benzene rings is 1. The second-order valence-electron chi connectivity index (χ2n) is 6.07. The molecule has 0 aliphatic rings. The van der Waals surface area contributed by atoms with Crippen molar-refractivity contribution in [2.75, 3.05) is 7.11 Å². The molecule has 1 amide bonds. The minimum atomic E-state index is -1.32. The highest BCUT2D eigenvalue weighted by molar-refractivity contribution is 5.87. The molecule has 1 atom stereocenters. The number of aromatic carboxylic acids is 1. The molecule has 0 fully saturated rings. The summed E-state index contributed by atoms with van der Waals surface area (Å²) < 4.78 is 9.62. The van der Waals surface area contributed by atoms with Crippen LogP contribution in [-0.2, 0) is 20.7 Å². The fourth-order valence-corrected chi connectivity index (χ4v) is 1.85. The van der Waals surface area contributed by atoms with Gasteiger partial charge >= 0.3 is 18.0 Å². The molecule has 0 spiro atoms. The Labute approximate surface area is 139 Å². The van der Waals surface area contributed by atoms with E-state index in [0.717, 1.165) is 7.11 Å². The fourth-order valence-electron chi connectivity index (χ4n) is 1.85. The maximum Gasteiger partial charge on any atom is 0.435 e. The third-order valence-electron chi connectivity index (χ3n) is 2.98. The van der Waals surface area contributed by atoms with Crippen molar-refractivity contribution in [3.8, 4) is 0 Å². The van der Waals surface area contributed by atoms with Gasteiger partial charge in [-0.05, 0) is 38.5 Å². The van der Waals surface area contributed by atoms with Crippen LogP contribution < -0.4 is 0 Å². The van der Waals surface area contributed by atoms with Gasteiger partial charge in [0.2, 0.25) is 0 Å². The van der Waals surface area contributed by atoms with Crippen LogP contribution in [0.4, 0.5) is 4.79 Å². The van der Waals surface area contributed by atoms with E-state index < -0.39 is 29.7 Å². The van der Waals surface area contributed by atoms with Crippen molar-refractivity contribution >= 4 is 18.0 Å². The van der Waals surface area contributed by atoms with Crippen LogP contribution in [0.5, 0.6) is 0 Å². The SMILES string of the molecule is COC(=O)C(Cc1ccc(C(=O)O)cc1)N(O)C(=O)OC(C)(C)C. The van der Waals surface area contributed by atoms with Gasteiger partial charge < -0.3 is 14.6 Å². The van der Waals surface area contributed by atoms with Crippen molar-refractivity contribution in [2.45, 2.75) is 38.8 Å². The molecule has 1 unspecified atom stereocenters. The van der Waals surface area contributed by atoms with Crippen molar-refractivity contribution in [3.63, 3.8) is 0 Å². The molecular weight excluding hydrogens is 318 g/mol. The number of carbonyl (C=O) groups excluding carboxylic acids is 2. The number of carbonyl (C=O) groups is 3. The van der Waals surface area contributed by atoms with E-state index in [4.69, 9.17) is 9.84 Å². The number of hydrogen-bond acceptors (Lipinski definition) is 6. The Morgan fingerprint density at radius 2 is 1.71 bits per heavy atom. The Hall–Kier alpha value is -2.61. The number of hydroxylamine groups is 2. The molecule has 0 saturated carbocycles. The van der Waals surface area contributed by atoms with Gasteiger partial charge in [0.25, 0.3) is 0 Å². The molecule has 1 rings (SSSR count). The standard InChI is InChI=1S/C16H21NO7/c1-16(2,3)24-15(21)17(22)12(14(20)23-4)9-10-5-7-11(8-6-10)13(18)19/h5-8,12,22H,9H2,1-4H3,(H,18,19). The predicted octanol–water partition coefficient (Wildman–Crippen LogP) is 2.10. The van der Waals surface area contributed by atoms with Crippen molar-refractivity contribution < 1.29 is 34.2 Å². The van der Waals surface area contributed by atoms with Gasteiger partial charge in [0, 0.05) is 6.42 Å². The Kier molecular flexibility index (Phi) is 6.30. The summed E-state index contributed by atoms with van der Waals surface area (Å²) >= 11 is 0. The molecule has 8 nitrogen and oxygen atoms in total. The van der Waals surface area contributed by atoms with Crippen LogP contribution in [0.2, 0.25) is 0 Å². The zero-order valence-electron chi connectivity index (χ0n) is 14.0. The summed E-state index contributed by atoms with van der Waals surface area (Å²) in [5.74, 6) is -1.91. The van der Waals surface area contributed by atoms with Crippen LogP contribution in [0.1, 0.15) is 36.7 Å². The minimum Gasteiger partial charge on any atom is -0.478 e. The van der Waals surface area contributed by atoms with Crippen molar-refractivity contribution in [1.82, 2.24) is 5.06 Å². The molecule has 1 aromatic rings. The van der Waals surface area contributed by atoms with Gasteiger partial charge in [-0.2, -0.15) is 5.06 Å². The Morgan fingerprint density at radius 3 is 2.12 bits per heavy atom. The van der Waals surface area contributed by atoms with Gasteiger partial charge in [-0.3, -0.25) is 5.21 Å². The Balaban J connectivity index is 2.94. The molecule has 0 bridgehead atoms. The van der Waals surface area contributed by atoms with Crippen LogP contribution in [-0.4, -0.2) is 52.2 Å². The number of ether oxygens (including phenoxy) is 2. The lowest BCUT2D eigenvalue weighted by molar-refractivity contribution is -0.167. The molecule has 1 aromatic carbocycles. The van der Waals surface area contributed by atoms with Gasteiger partial charge in [-0.25, -0.2) is 14.4 Å². The quantitative estimate of drug-likeness (QED) is 0.480. The van der Waals surface area contributed by atoms with E-state index in [1.54, 1.807) is 20.8 Å². The lowest BCUT2D eigenvalue weighted by Gasteiger charge is -2.27. The summed E-state index contributed by atoms with van der Waals surface area (Å²) in [6.45, 7) is 4.86. The largest absolute Gasteiger partial charge is 0.478 e. The highest BCUT2D eigenvalue weighted by atomic mass is 16.6. The van der Waals surface area contributed by atoms with E-state index in [1.165, 1.54) is 24.3 Å². The summed E-state index contributed by atoms with van der Waals surface area (Å²) in [5.41, 5.74) is -0.221. The predicted molar refractivity (Wildman–Crippen MR) is 82.8 cm³/mol. The first kappa shape index (κ1) is 19.4. The summed E-state index contributed by atoms with van der Waals surface area (Å²) in [5, 5.41) is 19.1. The lowest BCUT2D eigenvalue weighted by atomic mass is 10.0. The van der Waals surface area contributed by atoms with Gasteiger partial charge in [-0.15, -0.1) is 0 Å². The number of amides is 1. The number of rotatable bonds is 5. The third-order valence-corrected chi connectivity index (χ3v) is 2.98. The maximum absolute atomic E-state index is 11.9. The molecule has 0 heterocycles. The monoisotopic (exact) mass is 339 g/mol. The van der Waals surface area contributed by atoms with Crippen molar-refractivity contribution in [3.05, 3.63) is 35.4 Å². The van der Waals surface area contributed by atoms with Gasteiger partial charge in [-0.1, -0.05) is 12.1 Å². The van der Waals surface area contributed by atoms with E-state index in [0.29, 0.717) is 5.56 Å². The second kappa shape index (κ2) is 7.78. The highest BCUT2D eigenvalue weighted by Crippen LogP contribution is 2.15. The molecule has 0 aromatic heterocycles.